The van der Waals surface area contributed by atoms with Crippen LogP contribution in [-0.4, -0.2) is 34.5 Å². The molecule has 0 bridgehead atoms. The summed E-state index contributed by atoms with van der Waals surface area (Å²) >= 11 is 6.18. The number of benzene rings is 1. The van der Waals surface area contributed by atoms with E-state index in [2.05, 4.69) is 11.4 Å². The van der Waals surface area contributed by atoms with Gasteiger partial charge in [0.2, 0.25) is 0 Å². The van der Waals surface area contributed by atoms with Crippen molar-refractivity contribution < 1.29 is 15.3 Å². The molecule has 4 nitrogen and oxygen atoms in total. The smallest absolute Gasteiger partial charge is 0.158 e. The van der Waals surface area contributed by atoms with Crippen molar-refractivity contribution in [1.82, 2.24) is 5.32 Å². The molecule has 1 aromatic rings. The number of phenolic OH excluding ortho intramolecular Hbond substituents is 2. The Balaban J connectivity index is 1.82. The maximum absolute atomic E-state index is 9.67. The predicted octanol–water partition coefficient (Wildman–Crippen LogP) is 2.66. The van der Waals surface area contributed by atoms with Crippen LogP contribution in [-0.2, 0) is 6.42 Å². The molecule has 0 spiro atoms. The van der Waals surface area contributed by atoms with Crippen molar-refractivity contribution in [3.05, 3.63) is 45.5 Å². The van der Waals surface area contributed by atoms with Gasteiger partial charge in [-0.25, -0.2) is 0 Å². The minimum absolute atomic E-state index is 0.131. The topological polar surface area (TPSA) is 72.7 Å². The lowest BCUT2D eigenvalue weighted by Gasteiger charge is -2.33. The highest BCUT2D eigenvalue weighted by Crippen LogP contribution is 2.35. The number of aliphatic hydroxyl groups is 1. The number of aliphatic hydroxyl groups excluding tert-OH is 1. The second-order valence-corrected chi connectivity index (χ2v) is 6.33. The van der Waals surface area contributed by atoms with Gasteiger partial charge >= 0.3 is 0 Å². The van der Waals surface area contributed by atoms with Gasteiger partial charge in [0.05, 0.1) is 6.61 Å². The number of halogens is 1. The average Bonchev–Trinajstić information content (AvgIpc) is 2.52. The lowest BCUT2D eigenvalue weighted by atomic mass is 9.82. The fraction of sp³-hybridized carbons (Fsp3) is 0.412. The summed E-state index contributed by atoms with van der Waals surface area (Å²) in [5, 5.41) is 32.4. The fourth-order valence-electron chi connectivity index (χ4n) is 3.30. The highest BCUT2D eigenvalue weighted by molar-refractivity contribution is 6.31. The van der Waals surface area contributed by atoms with E-state index in [1.165, 1.54) is 23.3 Å². The van der Waals surface area contributed by atoms with Crippen LogP contribution in [0.2, 0.25) is 5.02 Å². The SMILES string of the molecule is OCC1=CCC2=C(CCNC2Cc2cc(O)c(O)cc2Cl)C1. The summed E-state index contributed by atoms with van der Waals surface area (Å²) in [6, 6.07) is 3.10. The summed E-state index contributed by atoms with van der Waals surface area (Å²) in [4.78, 5) is 0. The van der Waals surface area contributed by atoms with Crippen LogP contribution < -0.4 is 5.32 Å². The fourth-order valence-corrected chi connectivity index (χ4v) is 3.54. The lowest BCUT2D eigenvalue weighted by Crippen LogP contribution is -2.39. The molecule has 1 heterocycles. The van der Waals surface area contributed by atoms with Gasteiger partial charge in [-0.3, -0.25) is 0 Å². The minimum Gasteiger partial charge on any atom is -0.504 e. The first-order valence-corrected chi connectivity index (χ1v) is 7.89. The summed E-state index contributed by atoms with van der Waals surface area (Å²) in [5.41, 5.74) is 4.70. The molecule has 1 atom stereocenters. The monoisotopic (exact) mass is 321 g/mol. The van der Waals surface area contributed by atoms with Crippen molar-refractivity contribution in [2.45, 2.75) is 31.7 Å². The molecule has 1 aliphatic heterocycles. The van der Waals surface area contributed by atoms with Crippen LogP contribution in [0.3, 0.4) is 0 Å². The third-order valence-corrected chi connectivity index (χ3v) is 4.87. The lowest BCUT2D eigenvalue weighted by molar-refractivity contribution is 0.326. The standard InChI is InChI=1S/C17H20ClNO3/c18-14-8-17(22)16(21)7-12(14)6-15-13-2-1-10(9-20)5-11(13)3-4-19-15/h1,7-8,15,19-22H,2-6,9H2. The van der Waals surface area contributed by atoms with Crippen LogP contribution in [0.1, 0.15) is 24.8 Å². The Morgan fingerprint density at radius 2 is 2.00 bits per heavy atom. The van der Waals surface area contributed by atoms with Crippen LogP contribution in [0, 0.1) is 0 Å². The Bertz CT molecular complexity index is 652. The zero-order chi connectivity index (χ0) is 15.7. The molecule has 1 unspecified atom stereocenters. The quantitative estimate of drug-likeness (QED) is 0.510. The molecule has 0 amide bonds. The number of phenols is 2. The average molecular weight is 322 g/mol. The van der Waals surface area contributed by atoms with Gasteiger partial charge in [0, 0.05) is 17.1 Å². The van der Waals surface area contributed by atoms with E-state index >= 15 is 0 Å². The Labute approximate surface area is 134 Å². The van der Waals surface area contributed by atoms with Gasteiger partial charge in [0.25, 0.3) is 0 Å². The number of nitrogens with one attached hydrogen (secondary N) is 1. The van der Waals surface area contributed by atoms with Crippen molar-refractivity contribution in [3.8, 4) is 11.5 Å². The van der Waals surface area contributed by atoms with E-state index in [1.54, 1.807) is 0 Å². The predicted molar refractivity (Wildman–Crippen MR) is 86.3 cm³/mol. The Morgan fingerprint density at radius 3 is 2.77 bits per heavy atom. The second-order valence-electron chi connectivity index (χ2n) is 5.92. The van der Waals surface area contributed by atoms with Crippen LogP contribution in [0.5, 0.6) is 11.5 Å². The molecular formula is C17H20ClNO3. The molecule has 0 radical (unpaired) electrons. The highest BCUT2D eigenvalue weighted by Gasteiger charge is 2.25. The maximum Gasteiger partial charge on any atom is 0.158 e. The Kier molecular flexibility index (Phi) is 4.43. The van der Waals surface area contributed by atoms with Crippen molar-refractivity contribution in [1.29, 1.82) is 0 Å². The van der Waals surface area contributed by atoms with Gasteiger partial charge in [0.15, 0.2) is 11.5 Å². The molecule has 2 aliphatic rings. The summed E-state index contributed by atoms with van der Waals surface area (Å²) in [7, 11) is 0. The van der Waals surface area contributed by atoms with E-state index in [0.717, 1.165) is 36.9 Å². The molecular weight excluding hydrogens is 302 g/mol. The van der Waals surface area contributed by atoms with Crippen LogP contribution >= 0.6 is 11.6 Å². The molecule has 4 N–H and O–H groups in total. The van der Waals surface area contributed by atoms with Crippen molar-refractivity contribution >= 4 is 11.6 Å². The zero-order valence-electron chi connectivity index (χ0n) is 12.3. The number of allylic oxidation sites excluding steroid dienone is 1. The first-order chi connectivity index (χ1) is 10.6. The second kappa shape index (κ2) is 6.32. The summed E-state index contributed by atoms with van der Waals surface area (Å²) in [5.74, 6) is -0.339. The van der Waals surface area contributed by atoms with Gasteiger partial charge < -0.3 is 20.6 Å². The van der Waals surface area contributed by atoms with E-state index in [4.69, 9.17) is 11.6 Å². The van der Waals surface area contributed by atoms with Gasteiger partial charge in [-0.2, -0.15) is 0 Å². The first-order valence-electron chi connectivity index (χ1n) is 7.51. The van der Waals surface area contributed by atoms with E-state index < -0.39 is 0 Å². The molecule has 5 heteroatoms. The van der Waals surface area contributed by atoms with Crippen LogP contribution in [0.15, 0.2) is 34.9 Å². The highest BCUT2D eigenvalue weighted by atomic mass is 35.5. The Morgan fingerprint density at radius 1 is 1.23 bits per heavy atom. The number of hydrogen-bond acceptors (Lipinski definition) is 4. The largest absolute Gasteiger partial charge is 0.504 e. The van der Waals surface area contributed by atoms with Crippen molar-refractivity contribution in [2.24, 2.45) is 0 Å². The number of rotatable bonds is 3. The third-order valence-electron chi connectivity index (χ3n) is 4.51. The normalized spacial score (nSPS) is 21.5. The van der Waals surface area contributed by atoms with E-state index in [9.17, 15) is 15.3 Å². The summed E-state index contributed by atoms with van der Waals surface area (Å²) < 4.78 is 0. The number of aromatic hydroxyl groups is 2. The molecule has 118 valence electrons. The minimum atomic E-state index is -0.196. The molecule has 22 heavy (non-hydrogen) atoms. The molecule has 0 aromatic heterocycles. The van der Waals surface area contributed by atoms with E-state index in [-0.39, 0.29) is 24.1 Å². The maximum atomic E-state index is 9.67. The molecule has 0 saturated heterocycles. The van der Waals surface area contributed by atoms with Gasteiger partial charge in [0.1, 0.15) is 0 Å². The van der Waals surface area contributed by atoms with Crippen LogP contribution in [0.4, 0.5) is 0 Å². The third kappa shape index (κ3) is 3.00. The van der Waals surface area contributed by atoms with Crippen molar-refractivity contribution in [3.63, 3.8) is 0 Å². The molecule has 0 fully saturated rings. The van der Waals surface area contributed by atoms with Gasteiger partial charge in [-0.05, 0) is 55.0 Å². The number of hydrogen-bond donors (Lipinski definition) is 4. The summed E-state index contributed by atoms with van der Waals surface area (Å²) in [6.45, 7) is 1.04. The van der Waals surface area contributed by atoms with Gasteiger partial charge in [-0.15, -0.1) is 0 Å². The summed E-state index contributed by atoms with van der Waals surface area (Å²) in [6.07, 6.45) is 5.50. The molecule has 1 aromatic carbocycles. The van der Waals surface area contributed by atoms with Crippen molar-refractivity contribution in [2.75, 3.05) is 13.2 Å². The van der Waals surface area contributed by atoms with E-state index in [0.29, 0.717) is 11.4 Å². The zero-order valence-corrected chi connectivity index (χ0v) is 13.0. The molecule has 0 saturated carbocycles. The van der Waals surface area contributed by atoms with Crippen LogP contribution in [0.25, 0.3) is 0 Å². The first kappa shape index (κ1) is 15.4. The Hall–Kier alpha value is -1.49. The van der Waals surface area contributed by atoms with E-state index in [1.807, 2.05) is 0 Å². The van der Waals surface area contributed by atoms with Gasteiger partial charge in [-0.1, -0.05) is 23.3 Å². The molecule has 3 rings (SSSR count). The molecule has 1 aliphatic carbocycles.